The zero-order chi connectivity index (χ0) is 16.8. The molecular weight excluding hydrogens is 345 g/mol. The highest BCUT2D eigenvalue weighted by atomic mass is 35.5. The van der Waals surface area contributed by atoms with Crippen LogP contribution >= 0.6 is 11.6 Å². The first kappa shape index (κ1) is 18.0. The second-order valence-electron chi connectivity index (χ2n) is 5.57. The highest BCUT2D eigenvalue weighted by molar-refractivity contribution is 7.72. The molecule has 0 atom stereocenters. The van der Waals surface area contributed by atoms with E-state index in [0.717, 1.165) is 25.0 Å². The van der Waals surface area contributed by atoms with Crippen LogP contribution in [0.2, 0.25) is 5.02 Å². The van der Waals surface area contributed by atoms with Gasteiger partial charge in [-0.25, -0.2) is 12.8 Å². The van der Waals surface area contributed by atoms with Gasteiger partial charge in [0.2, 0.25) is 0 Å². The molecule has 23 heavy (non-hydrogen) atoms. The number of hydrogen-bond acceptors (Lipinski definition) is 4. The van der Waals surface area contributed by atoms with Crippen LogP contribution in [-0.4, -0.2) is 26.8 Å². The molecule has 1 aliphatic carbocycles. The number of ether oxygens (including phenoxy) is 1. The third-order valence-electron chi connectivity index (χ3n) is 3.83. The Morgan fingerprint density at radius 2 is 2.00 bits per heavy atom. The van der Waals surface area contributed by atoms with Crippen molar-refractivity contribution in [3.63, 3.8) is 0 Å². The predicted molar refractivity (Wildman–Crippen MR) is 86.1 cm³/mol. The largest absolute Gasteiger partial charge is 0.492 e. The molecule has 128 valence electrons. The number of nitrogens with one attached hydrogen (secondary N) is 1. The number of halogens is 2. The molecule has 8 heteroatoms. The maximum atomic E-state index is 14.0. The molecule has 0 aliphatic heterocycles. The summed E-state index contributed by atoms with van der Waals surface area (Å²) in [5.74, 6) is -1.54. The van der Waals surface area contributed by atoms with Gasteiger partial charge in [-0.3, -0.25) is 4.79 Å². The van der Waals surface area contributed by atoms with Gasteiger partial charge in [-0.1, -0.05) is 30.9 Å². The van der Waals surface area contributed by atoms with Crippen molar-refractivity contribution in [2.75, 3.05) is 12.5 Å². The molecule has 1 saturated carbocycles. The van der Waals surface area contributed by atoms with E-state index in [4.69, 9.17) is 16.3 Å². The Bertz CT molecular complexity index is 637. The number of amides is 1. The molecule has 0 unspecified atom stereocenters. The fourth-order valence-corrected chi connectivity index (χ4v) is 3.10. The molecule has 1 aliphatic rings. The molecule has 0 saturated heterocycles. The summed E-state index contributed by atoms with van der Waals surface area (Å²) in [7, 11) is -2.77. The van der Waals surface area contributed by atoms with Gasteiger partial charge in [0.15, 0.2) is 10.7 Å². The Kier molecular flexibility index (Phi) is 6.65. The van der Waals surface area contributed by atoms with Crippen LogP contribution in [0.1, 0.15) is 42.5 Å². The van der Waals surface area contributed by atoms with Gasteiger partial charge in [0.25, 0.3) is 5.91 Å². The van der Waals surface area contributed by atoms with Gasteiger partial charge < -0.3 is 10.1 Å². The van der Waals surface area contributed by atoms with E-state index >= 15 is 0 Å². The van der Waals surface area contributed by atoms with Gasteiger partial charge >= 0.3 is 0 Å². The fourth-order valence-electron chi connectivity index (χ4n) is 2.61. The Morgan fingerprint density at radius 3 is 2.65 bits per heavy atom. The van der Waals surface area contributed by atoms with Crippen molar-refractivity contribution >= 4 is 28.2 Å². The number of carbonyl (C=O) groups is 1. The summed E-state index contributed by atoms with van der Waals surface area (Å²) < 4.78 is 40.5. The molecule has 0 heterocycles. The van der Waals surface area contributed by atoms with Crippen LogP contribution in [0.5, 0.6) is 5.75 Å². The number of thiol groups is 1. The van der Waals surface area contributed by atoms with Gasteiger partial charge in [-0.15, -0.1) is 0 Å². The van der Waals surface area contributed by atoms with E-state index in [-0.39, 0.29) is 16.3 Å². The summed E-state index contributed by atoms with van der Waals surface area (Å²) >= 11 is 6.03. The molecule has 2 rings (SSSR count). The first-order valence-corrected chi connectivity index (χ1v) is 9.23. The van der Waals surface area contributed by atoms with Crippen molar-refractivity contribution in [3.05, 3.63) is 28.5 Å². The third-order valence-corrected chi connectivity index (χ3v) is 4.55. The Hall–Kier alpha value is -1.34. The van der Waals surface area contributed by atoms with Gasteiger partial charge in [-0.2, -0.15) is 0 Å². The van der Waals surface area contributed by atoms with Gasteiger partial charge in [0, 0.05) is 6.07 Å². The minimum atomic E-state index is -2.77. The van der Waals surface area contributed by atoms with Crippen LogP contribution in [0.3, 0.4) is 0 Å². The molecule has 1 aromatic carbocycles. The second kappa shape index (κ2) is 8.49. The Labute approximate surface area is 141 Å². The SMILES string of the molecule is O=C(NC[SH](=O)=O)c1cc(Cl)c(OCC2CCCCC2)cc1F. The lowest BCUT2D eigenvalue weighted by Gasteiger charge is -2.22. The number of hydrogen-bond donors (Lipinski definition) is 2. The number of benzene rings is 1. The van der Waals surface area contributed by atoms with Crippen molar-refractivity contribution in [2.24, 2.45) is 5.92 Å². The molecule has 1 amide bonds. The highest BCUT2D eigenvalue weighted by Gasteiger charge is 2.18. The molecule has 5 nitrogen and oxygen atoms in total. The number of rotatable bonds is 6. The average Bonchev–Trinajstić information content (AvgIpc) is 2.54. The minimum absolute atomic E-state index is 0.124. The lowest BCUT2D eigenvalue weighted by atomic mass is 9.90. The lowest BCUT2D eigenvalue weighted by Crippen LogP contribution is -2.26. The van der Waals surface area contributed by atoms with Crippen LogP contribution in [-0.2, 0) is 10.7 Å². The van der Waals surface area contributed by atoms with Crippen LogP contribution in [0.25, 0.3) is 0 Å². The van der Waals surface area contributed by atoms with Crippen molar-refractivity contribution in [1.82, 2.24) is 5.32 Å². The fraction of sp³-hybridized carbons (Fsp3) is 0.533. The first-order valence-electron chi connectivity index (χ1n) is 7.49. The van der Waals surface area contributed by atoms with E-state index in [1.54, 1.807) is 0 Å². The average molecular weight is 364 g/mol. The van der Waals surface area contributed by atoms with E-state index in [2.05, 4.69) is 5.32 Å². The van der Waals surface area contributed by atoms with Crippen molar-refractivity contribution in [2.45, 2.75) is 32.1 Å². The molecular formula is C15H19ClFNO4S. The van der Waals surface area contributed by atoms with Crippen LogP contribution in [0, 0.1) is 11.7 Å². The highest BCUT2D eigenvalue weighted by Crippen LogP contribution is 2.30. The Morgan fingerprint density at radius 1 is 1.30 bits per heavy atom. The predicted octanol–water partition coefficient (Wildman–Crippen LogP) is 2.74. The molecule has 1 N–H and O–H groups in total. The monoisotopic (exact) mass is 363 g/mol. The second-order valence-corrected chi connectivity index (χ2v) is 6.96. The van der Waals surface area contributed by atoms with Gasteiger partial charge in [-0.05, 0) is 24.8 Å². The Balaban J connectivity index is 2.02. The van der Waals surface area contributed by atoms with Crippen molar-refractivity contribution < 1.29 is 22.3 Å². The zero-order valence-corrected chi connectivity index (χ0v) is 14.2. The smallest absolute Gasteiger partial charge is 0.255 e. The third kappa shape index (κ3) is 5.35. The normalized spacial score (nSPS) is 15.6. The molecule has 0 spiro atoms. The summed E-state index contributed by atoms with van der Waals surface area (Å²) in [4.78, 5) is 11.7. The van der Waals surface area contributed by atoms with E-state index in [1.165, 1.54) is 19.3 Å². The summed E-state index contributed by atoms with van der Waals surface area (Å²) in [5.41, 5.74) is -0.308. The van der Waals surface area contributed by atoms with Crippen LogP contribution in [0.15, 0.2) is 12.1 Å². The van der Waals surface area contributed by atoms with Crippen LogP contribution in [0.4, 0.5) is 4.39 Å². The quantitative estimate of drug-likeness (QED) is 0.762. The van der Waals surface area contributed by atoms with Crippen LogP contribution < -0.4 is 10.1 Å². The summed E-state index contributed by atoms with van der Waals surface area (Å²) in [6.45, 7) is 0.474. The standard InChI is InChI=1S/C15H19ClFNO4S/c16-12-6-11(15(19)18-9-23(20)21)13(17)7-14(12)22-8-10-4-2-1-3-5-10/h6-7,10,23H,1-5,8-9H2,(H,18,19). The molecule has 0 radical (unpaired) electrons. The molecule has 0 bridgehead atoms. The molecule has 1 fully saturated rings. The summed E-state index contributed by atoms with van der Waals surface area (Å²) in [6.07, 6.45) is 5.78. The van der Waals surface area contributed by atoms with E-state index < -0.39 is 28.3 Å². The summed E-state index contributed by atoms with van der Waals surface area (Å²) in [5, 5.41) is 2.22. The zero-order valence-electron chi connectivity index (χ0n) is 12.5. The maximum Gasteiger partial charge on any atom is 0.255 e. The number of carbonyl (C=O) groups excluding carboxylic acids is 1. The minimum Gasteiger partial charge on any atom is -0.492 e. The van der Waals surface area contributed by atoms with E-state index in [0.29, 0.717) is 12.5 Å². The summed E-state index contributed by atoms with van der Waals surface area (Å²) in [6, 6.07) is 2.22. The van der Waals surface area contributed by atoms with Gasteiger partial charge in [0.1, 0.15) is 17.4 Å². The lowest BCUT2D eigenvalue weighted by molar-refractivity contribution is 0.0956. The van der Waals surface area contributed by atoms with Gasteiger partial charge in [0.05, 0.1) is 17.2 Å². The maximum absolute atomic E-state index is 14.0. The van der Waals surface area contributed by atoms with E-state index in [1.807, 2.05) is 0 Å². The first-order chi connectivity index (χ1) is 11.0. The van der Waals surface area contributed by atoms with Crippen molar-refractivity contribution in [1.29, 1.82) is 0 Å². The van der Waals surface area contributed by atoms with Crippen molar-refractivity contribution in [3.8, 4) is 5.75 Å². The topological polar surface area (TPSA) is 72.5 Å². The molecule has 0 aromatic heterocycles. The molecule has 1 aromatic rings. The van der Waals surface area contributed by atoms with E-state index in [9.17, 15) is 17.6 Å².